The fraction of sp³-hybridized carbons (Fsp3) is 0. The van der Waals surface area contributed by atoms with Crippen LogP contribution >= 0.6 is 0 Å². The third-order valence-electron chi connectivity index (χ3n) is 8.12. The van der Waals surface area contributed by atoms with Crippen molar-refractivity contribution in [2.75, 3.05) is 14.7 Å². The Labute approximate surface area is 324 Å². The molecule has 0 spiro atoms. The molecule has 0 bridgehead atoms. The van der Waals surface area contributed by atoms with E-state index in [9.17, 15) is 31.6 Å². The first kappa shape index (κ1) is 35.8. The minimum atomic E-state index is 0.128. The zero-order valence-corrected chi connectivity index (χ0v) is 29.2. The molecule has 0 unspecified atom stereocenters. The highest BCUT2D eigenvalue weighted by molar-refractivity contribution is 5.83. The molecule has 7 rings (SSSR count). The summed E-state index contributed by atoms with van der Waals surface area (Å²) in [6.45, 7) is 0. The fourth-order valence-corrected chi connectivity index (χ4v) is 5.59. The summed E-state index contributed by atoms with van der Waals surface area (Å²) in [6, 6.07) is 34.4. The SMILES string of the molecule is N#Cc1ccnc(N(c2cc(N(c3cc(C#N)ccn3)c3cc(C#N)ccn3)nc(N(c3cc(C#N)ccn3)c3cc(C#N)ccn3)c2)c2cc(C#N)ccn2)c1. The third kappa shape index (κ3) is 7.50. The lowest BCUT2D eigenvalue weighted by Gasteiger charge is -2.29. The molecule has 0 aliphatic heterocycles. The molecule has 0 amide bonds. The Morgan fingerprint density at radius 1 is 0.298 bits per heavy atom. The molecular formula is C41H20N16. The normalized spacial score (nSPS) is 10.0. The molecule has 0 fully saturated rings. The number of anilines is 9. The number of pyridine rings is 7. The van der Waals surface area contributed by atoms with Crippen molar-refractivity contribution in [2.24, 2.45) is 0 Å². The summed E-state index contributed by atoms with van der Waals surface area (Å²) in [5.41, 5.74) is 1.96. The molecule has 0 atom stereocenters. The van der Waals surface area contributed by atoms with Crippen molar-refractivity contribution in [1.29, 1.82) is 31.6 Å². The fourth-order valence-electron chi connectivity index (χ4n) is 5.59. The van der Waals surface area contributed by atoms with Crippen molar-refractivity contribution >= 4 is 52.2 Å². The molecule has 0 N–H and O–H groups in total. The molecule has 57 heavy (non-hydrogen) atoms. The monoisotopic (exact) mass is 736 g/mol. The summed E-state index contributed by atoms with van der Waals surface area (Å²) < 4.78 is 0. The summed E-state index contributed by atoms with van der Waals surface area (Å²) in [7, 11) is 0. The Morgan fingerprint density at radius 3 is 0.754 bits per heavy atom. The van der Waals surface area contributed by atoms with Crippen molar-refractivity contribution in [3.63, 3.8) is 0 Å². The number of aromatic nitrogens is 7. The van der Waals surface area contributed by atoms with Gasteiger partial charge >= 0.3 is 0 Å². The lowest BCUT2D eigenvalue weighted by molar-refractivity contribution is 1.04. The Balaban J connectivity index is 1.61. The number of nitrogens with zero attached hydrogens (tertiary/aromatic N) is 16. The molecule has 7 aromatic heterocycles. The molecule has 0 aromatic carbocycles. The summed E-state index contributed by atoms with van der Waals surface area (Å²) in [4.78, 5) is 37.1. The first-order valence-electron chi connectivity index (χ1n) is 16.5. The standard InChI is InChI=1S/C41H20N16/c42-21-27-1-7-48-34(13-27)55(35-14-28(22-43)2-8-49-35)33-19-40(56(36-15-29(23-44)3-9-50-36)37-16-30(24-45)4-10-51-37)54-41(20-33)57(38-17-31(25-46)5-11-52-38)39-18-32(26-47)6-12-53-39/h1-20H. The van der Waals surface area contributed by atoms with Gasteiger partial charge < -0.3 is 0 Å². The first-order chi connectivity index (χ1) is 27.9. The summed E-state index contributed by atoms with van der Waals surface area (Å²) >= 11 is 0. The average molecular weight is 737 g/mol. The van der Waals surface area contributed by atoms with Crippen LogP contribution in [0.15, 0.2) is 122 Å². The largest absolute Gasteiger partial charge is 0.279 e. The van der Waals surface area contributed by atoms with Crippen molar-refractivity contribution < 1.29 is 0 Å². The molecule has 0 aliphatic rings. The second-order valence-corrected chi connectivity index (χ2v) is 11.6. The van der Waals surface area contributed by atoms with Gasteiger partial charge in [-0.25, -0.2) is 34.9 Å². The van der Waals surface area contributed by atoms with Crippen LogP contribution in [0.4, 0.5) is 52.2 Å². The minimum Gasteiger partial charge on any atom is -0.279 e. The van der Waals surface area contributed by atoms with Crippen molar-refractivity contribution in [3.05, 3.63) is 155 Å². The Bertz CT molecular complexity index is 2440. The molecule has 264 valence electrons. The highest BCUT2D eigenvalue weighted by atomic mass is 15.3. The molecule has 0 saturated heterocycles. The minimum absolute atomic E-state index is 0.128. The smallest absolute Gasteiger partial charge is 0.144 e. The maximum Gasteiger partial charge on any atom is 0.144 e. The second-order valence-electron chi connectivity index (χ2n) is 11.6. The van der Waals surface area contributed by atoms with E-state index in [1.165, 1.54) is 108 Å². The van der Waals surface area contributed by atoms with Crippen LogP contribution < -0.4 is 14.7 Å². The predicted molar refractivity (Wildman–Crippen MR) is 203 cm³/mol. The van der Waals surface area contributed by atoms with Crippen LogP contribution in [0.5, 0.6) is 0 Å². The van der Waals surface area contributed by atoms with E-state index in [0.29, 0.717) is 5.69 Å². The van der Waals surface area contributed by atoms with Gasteiger partial charge in [0.1, 0.15) is 46.5 Å². The Kier molecular flexibility index (Phi) is 10.0. The number of hydrogen-bond donors (Lipinski definition) is 0. The summed E-state index contributed by atoms with van der Waals surface area (Å²) in [5, 5.41) is 59.2. The zero-order chi connectivity index (χ0) is 39.7. The van der Waals surface area contributed by atoms with E-state index >= 15 is 0 Å². The molecule has 0 aliphatic carbocycles. The quantitative estimate of drug-likeness (QED) is 0.143. The van der Waals surface area contributed by atoms with Crippen molar-refractivity contribution in [1.82, 2.24) is 34.9 Å². The number of rotatable bonds is 9. The average Bonchev–Trinajstić information content (AvgIpc) is 3.27. The molecule has 0 radical (unpaired) electrons. The van der Waals surface area contributed by atoms with Gasteiger partial charge in [-0.15, -0.1) is 0 Å². The van der Waals surface area contributed by atoms with E-state index in [4.69, 9.17) is 4.98 Å². The predicted octanol–water partition coefficient (Wildman–Crippen LogP) is 7.09. The molecule has 7 aromatic rings. The van der Waals surface area contributed by atoms with Crippen LogP contribution in [0.1, 0.15) is 33.4 Å². The highest BCUT2D eigenvalue weighted by Gasteiger charge is 2.27. The molecule has 16 nitrogen and oxygen atoms in total. The first-order valence-corrected chi connectivity index (χ1v) is 16.5. The Morgan fingerprint density at radius 2 is 0.526 bits per heavy atom. The van der Waals surface area contributed by atoms with Gasteiger partial charge in [-0.3, -0.25) is 14.7 Å². The van der Waals surface area contributed by atoms with Crippen LogP contribution in [0.2, 0.25) is 0 Å². The highest BCUT2D eigenvalue weighted by Crippen LogP contribution is 2.42. The summed E-state index contributed by atoms with van der Waals surface area (Å²) in [5.74, 6) is 1.54. The number of nitriles is 6. The second kappa shape index (κ2) is 16.0. The third-order valence-corrected chi connectivity index (χ3v) is 8.12. The lowest BCUT2D eigenvalue weighted by Crippen LogP contribution is -2.21. The van der Waals surface area contributed by atoms with Gasteiger partial charge in [0.15, 0.2) is 0 Å². The van der Waals surface area contributed by atoms with E-state index < -0.39 is 0 Å². The van der Waals surface area contributed by atoms with Crippen molar-refractivity contribution in [2.45, 2.75) is 0 Å². The lowest BCUT2D eigenvalue weighted by atomic mass is 10.2. The molecular weight excluding hydrogens is 717 g/mol. The van der Waals surface area contributed by atoms with Crippen LogP contribution in [0, 0.1) is 68.0 Å². The summed E-state index contributed by atoms with van der Waals surface area (Å²) in [6.07, 6.45) is 8.70. The number of hydrogen-bond acceptors (Lipinski definition) is 16. The molecule has 16 heteroatoms. The molecule has 7 heterocycles. The van der Waals surface area contributed by atoms with Crippen LogP contribution in [0.3, 0.4) is 0 Å². The van der Waals surface area contributed by atoms with Gasteiger partial charge in [0.2, 0.25) is 0 Å². The van der Waals surface area contributed by atoms with Gasteiger partial charge in [0.25, 0.3) is 0 Å². The zero-order valence-electron chi connectivity index (χ0n) is 29.2. The van der Waals surface area contributed by atoms with Crippen LogP contribution in [-0.2, 0) is 0 Å². The van der Waals surface area contributed by atoms with Crippen molar-refractivity contribution in [3.8, 4) is 36.4 Å². The van der Waals surface area contributed by atoms with E-state index in [1.807, 2.05) is 0 Å². The van der Waals surface area contributed by atoms with E-state index in [1.54, 1.807) is 29.2 Å². The molecule has 0 saturated carbocycles. The topological polar surface area (TPSA) is 243 Å². The van der Waals surface area contributed by atoms with E-state index in [2.05, 4.69) is 66.3 Å². The van der Waals surface area contributed by atoms with Gasteiger partial charge in [-0.2, -0.15) is 31.6 Å². The van der Waals surface area contributed by atoms with Gasteiger partial charge in [0.05, 0.1) is 75.5 Å². The van der Waals surface area contributed by atoms with E-state index in [0.717, 1.165) is 0 Å². The van der Waals surface area contributed by atoms with Gasteiger partial charge in [-0.05, 0) is 72.8 Å². The van der Waals surface area contributed by atoms with Crippen LogP contribution in [0.25, 0.3) is 0 Å². The maximum atomic E-state index is 9.88. The van der Waals surface area contributed by atoms with Gasteiger partial charge in [-0.1, -0.05) is 0 Å². The Hall–Kier alpha value is -9.61. The van der Waals surface area contributed by atoms with Crippen LogP contribution in [-0.4, -0.2) is 34.9 Å². The van der Waals surface area contributed by atoms with Gasteiger partial charge in [0, 0.05) is 49.3 Å². The van der Waals surface area contributed by atoms with E-state index in [-0.39, 0.29) is 79.9 Å². The maximum absolute atomic E-state index is 9.88.